The molecule has 0 saturated heterocycles. The Bertz CT molecular complexity index is 485. The zero-order valence-electron chi connectivity index (χ0n) is 8.68. The Balaban J connectivity index is 1.93. The lowest BCUT2D eigenvalue weighted by molar-refractivity contribution is 0.697. The standard InChI is InChI=1S/C12H11N3S/c13-7-12-10(3-1-5-15-12)8-14-9-11-4-2-6-16-11/h1-6,14H,8-9H2. The molecule has 0 saturated carbocycles. The summed E-state index contributed by atoms with van der Waals surface area (Å²) in [6, 6.07) is 9.99. The van der Waals surface area contributed by atoms with E-state index in [-0.39, 0.29) is 0 Å². The van der Waals surface area contributed by atoms with E-state index in [2.05, 4.69) is 27.8 Å². The van der Waals surface area contributed by atoms with Gasteiger partial charge in [-0.1, -0.05) is 12.1 Å². The van der Waals surface area contributed by atoms with Gasteiger partial charge in [-0.25, -0.2) is 4.98 Å². The van der Waals surface area contributed by atoms with Crippen LogP contribution in [-0.4, -0.2) is 4.98 Å². The van der Waals surface area contributed by atoms with E-state index >= 15 is 0 Å². The molecular weight excluding hydrogens is 218 g/mol. The van der Waals surface area contributed by atoms with Gasteiger partial charge in [-0.05, 0) is 17.5 Å². The van der Waals surface area contributed by atoms with Gasteiger partial charge in [-0.2, -0.15) is 5.26 Å². The molecule has 0 aliphatic carbocycles. The van der Waals surface area contributed by atoms with Gasteiger partial charge in [0.05, 0.1) is 0 Å². The third kappa shape index (κ3) is 2.66. The third-order valence-corrected chi connectivity index (χ3v) is 3.07. The van der Waals surface area contributed by atoms with Crippen molar-refractivity contribution in [1.29, 1.82) is 5.26 Å². The van der Waals surface area contributed by atoms with E-state index in [1.165, 1.54) is 4.88 Å². The molecule has 2 aromatic heterocycles. The summed E-state index contributed by atoms with van der Waals surface area (Å²) in [6.07, 6.45) is 1.64. The van der Waals surface area contributed by atoms with Gasteiger partial charge in [0.15, 0.2) is 0 Å². The van der Waals surface area contributed by atoms with E-state index in [1.54, 1.807) is 17.5 Å². The number of rotatable bonds is 4. The minimum Gasteiger partial charge on any atom is -0.308 e. The molecule has 0 aliphatic heterocycles. The molecule has 4 heteroatoms. The van der Waals surface area contributed by atoms with E-state index in [1.807, 2.05) is 18.2 Å². The summed E-state index contributed by atoms with van der Waals surface area (Å²) >= 11 is 1.72. The predicted octanol–water partition coefficient (Wildman–Crippen LogP) is 2.30. The molecule has 16 heavy (non-hydrogen) atoms. The molecule has 2 rings (SSSR count). The molecule has 0 bridgehead atoms. The average Bonchev–Trinajstić information content (AvgIpc) is 2.83. The lowest BCUT2D eigenvalue weighted by atomic mass is 10.2. The Morgan fingerprint density at radius 1 is 1.31 bits per heavy atom. The van der Waals surface area contributed by atoms with Crippen molar-refractivity contribution in [3.05, 3.63) is 52.0 Å². The van der Waals surface area contributed by atoms with Gasteiger partial charge < -0.3 is 5.32 Å². The molecule has 0 aromatic carbocycles. The highest BCUT2D eigenvalue weighted by molar-refractivity contribution is 7.09. The van der Waals surface area contributed by atoms with E-state index in [4.69, 9.17) is 5.26 Å². The van der Waals surface area contributed by atoms with Crippen LogP contribution in [0.3, 0.4) is 0 Å². The lowest BCUT2D eigenvalue weighted by Gasteiger charge is -2.04. The van der Waals surface area contributed by atoms with Crippen molar-refractivity contribution in [2.75, 3.05) is 0 Å². The second-order valence-electron chi connectivity index (χ2n) is 3.31. The number of nitrogens with one attached hydrogen (secondary N) is 1. The molecule has 1 N–H and O–H groups in total. The molecule has 0 aliphatic rings. The lowest BCUT2D eigenvalue weighted by Crippen LogP contribution is -2.13. The maximum atomic E-state index is 8.86. The summed E-state index contributed by atoms with van der Waals surface area (Å²) in [5, 5.41) is 14.2. The molecule has 0 radical (unpaired) electrons. The average molecular weight is 229 g/mol. The highest BCUT2D eigenvalue weighted by Gasteiger charge is 2.01. The number of hydrogen-bond donors (Lipinski definition) is 1. The Labute approximate surface area is 98.4 Å². The summed E-state index contributed by atoms with van der Waals surface area (Å²) in [5.74, 6) is 0. The van der Waals surface area contributed by atoms with Gasteiger partial charge in [-0.15, -0.1) is 11.3 Å². The second kappa shape index (κ2) is 5.40. The summed E-state index contributed by atoms with van der Waals surface area (Å²) in [5.41, 5.74) is 1.45. The fraction of sp³-hybridized carbons (Fsp3) is 0.167. The molecule has 0 atom stereocenters. The van der Waals surface area contributed by atoms with E-state index in [0.29, 0.717) is 12.2 Å². The van der Waals surface area contributed by atoms with Crippen molar-refractivity contribution >= 4 is 11.3 Å². The molecule has 0 fully saturated rings. The van der Waals surface area contributed by atoms with Crippen molar-refractivity contribution in [3.63, 3.8) is 0 Å². The van der Waals surface area contributed by atoms with E-state index in [0.717, 1.165) is 12.1 Å². The summed E-state index contributed by atoms with van der Waals surface area (Å²) in [4.78, 5) is 5.31. The number of pyridine rings is 1. The van der Waals surface area contributed by atoms with Crippen LogP contribution in [0.5, 0.6) is 0 Å². The SMILES string of the molecule is N#Cc1ncccc1CNCc1cccs1. The Morgan fingerprint density at radius 3 is 3.00 bits per heavy atom. The molecule has 0 spiro atoms. The predicted molar refractivity (Wildman–Crippen MR) is 63.8 cm³/mol. The topological polar surface area (TPSA) is 48.7 Å². The summed E-state index contributed by atoms with van der Waals surface area (Å²) < 4.78 is 0. The van der Waals surface area contributed by atoms with Crippen LogP contribution in [-0.2, 0) is 13.1 Å². The molecular formula is C12H11N3S. The first-order valence-corrected chi connectivity index (χ1v) is 5.85. The van der Waals surface area contributed by atoms with Gasteiger partial charge in [0.2, 0.25) is 0 Å². The first-order valence-electron chi connectivity index (χ1n) is 4.97. The fourth-order valence-electron chi connectivity index (χ4n) is 1.42. The third-order valence-electron chi connectivity index (χ3n) is 2.19. The number of hydrogen-bond acceptors (Lipinski definition) is 4. The van der Waals surface area contributed by atoms with Gasteiger partial charge in [0.1, 0.15) is 11.8 Å². The van der Waals surface area contributed by atoms with Crippen LogP contribution in [0.25, 0.3) is 0 Å². The molecule has 2 aromatic rings. The highest BCUT2D eigenvalue weighted by Crippen LogP contribution is 2.08. The molecule has 0 amide bonds. The number of nitrogens with zero attached hydrogens (tertiary/aromatic N) is 2. The number of aromatic nitrogens is 1. The van der Waals surface area contributed by atoms with Crippen molar-refractivity contribution < 1.29 is 0 Å². The molecule has 2 heterocycles. The number of thiophene rings is 1. The Kier molecular flexibility index (Phi) is 3.65. The molecule has 0 unspecified atom stereocenters. The molecule has 80 valence electrons. The van der Waals surface area contributed by atoms with Gasteiger partial charge in [0.25, 0.3) is 0 Å². The minimum atomic E-state index is 0.501. The van der Waals surface area contributed by atoms with Gasteiger partial charge in [0, 0.05) is 29.7 Å². The quantitative estimate of drug-likeness (QED) is 0.875. The summed E-state index contributed by atoms with van der Waals surface area (Å²) in [7, 11) is 0. The van der Waals surface area contributed by atoms with Crippen LogP contribution in [0.4, 0.5) is 0 Å². The first kappa shape index (κ1) is 10.8. The molecule has 3 nitrogen and oxygen atoms in total. The largest absolute Gasteiger partial charge is 0.308 e. The van der Waals surface area contributed by atoms with Crippen molar-refractivity contribution in [3.8, 4) is 6.07 Å². The van der Waals surface area contributed by atoms with E-state index in [9.17, 15) is 0 Å². The normalized spacial score (nSPS) is 9.94. The zero-order chi connectivity index (χ0) is 11.2. The fourth-order valence-corrected chi connectivity index (χ4v) is 2.09. The van der Waals surface area contributed by atoms with Crippen molar-refractivity contribution in [2.24, 2.45) is 0 Å². The van der Waals surface area contributed by atoms with E-state index < -0.39 is 0 Å². The van der Waals surface area contributed by atoms with Crippen LogP contribution in [0, 0.1) is 11.3 Å². The van der Waals surface area contributed by atoms with Crippen LogP contribution >= 0.6 is 11.3 Å². The maximum Gasteiger partial charge on any atom is 0.144 e. The highest BCUT2D eigenvalue weighted by atomic mass is 32.1. The smallest absolute Gasteiger partial charge is 0.144 e. The minimum absolute atomic E-state index is 0.501. The van der Waals surface area contributed by atoms with Crippen LogP contribution in [0.15, 0.2) is 35.8 Å². The van der Waals surface area contributed by atoms with Crippen molar-refractivity contribution in [2.45, 2.75) is 13.1 Å². The second-order valence-corrected chi connectivity index (χ2v) is 4.34. The van der Waals surface area contributed by atoms with Gasteiger partial charge >= 0.3 is 0 Å². The summed E-state index contributed by atoms with van der Waals surface area (Å²) in [6.45, 7) is 1.51. The van der Waals surface area contributed by atoms with Crippen molar-refractivity contribution in [1.82, 2.24) is 10.3 Å². The Hall–Kier alpha value is -1.70. The van der Waals surface area contributed by atoms with Crippen LogP contribution < -0.4 is 5.32 Å². The van der Waals surface area contributed by atoms with Crippen LogP contribution in [0.1, 0.15) is 16.1 Å². The number of nitriles is 1. The maximum absolute atomic E-state index is 8.86. The monoisotopic (exact) mass is 229 g/mol. The zero-order valence-corrected chi connectivity index (χ0v) is 9.50. The van der Waals surface area contributed by atoms with Gasteiger partial charge in [-0.3, -0.25) is 0 Å². The Morgan fingerprint density at radius 2 is 2.25 bits per heavy atom. The van der Waals surface area contributed by atoms with Crippen LogP contribution in [0.2, 0.25) is 0 Å². The first-order chi connectivity index (χ1) is 7.90.